The molecule has 0 saturated carbocycles. The zero-order valence-electron chi connectivity index (χ0n) is 10.4. The number of rotatable bonds is 5. The van der Waals surface area contributed by atoms with E-state index in [0.717, 1.165) is 24.4 Å². The molecule has 1 aromatic rings. The highest BCUT2D eigenvalue weighted by atomic mass is 35.5. The zero-order valence-corrected chi connectivity index (χ0v) is 12.0. The number of likely N-dealkylation sites (tertiary alicyclic amines) is 1. The summed E-state index contributed by atoms with van der Waals surface area (Å²) in [6.45, 7) is 4.08. The molecule has 1 aromatic heterocycles. The Bertz CT molecular complexity index is 435. The van der Waals surface area contributed by atoms with Gasteiger partial charge in [-0.1, -0.05) is 11.6 Å². The number of carbonyl (C=O) groups excluding carboxylic acids is 1. The summed E-state index contributed by atoms with van der Waals surface area (Å²) in [4.78, 5) is 15.1. The number of aryl methyl sites for hydroxylation is 1. The number of Topliss-reactive ketones (excluding diaryl/α,β-unsaturated/α-hetero) is 1. The third kappa shape index (κ3) is 3.53. The molecule has 1 atom stereocenters. The molecule has 0 amide bonds. The predicted octanol–water partition coefficient (Wildman–Crippen LogP) is 3.72. The summed E-state index contributed by atoms with van der Waals surface area (Å²) in [5.41, 5.74) is 0.643. The van der Waals surface area contributed by atoms with E-state index in [1.807, 2.05) is 13.0 Å². The summed E-state index contributed by atoms with van der Waals surface area (Å²) in [6, 6.07) is 1.85. The second-order valence-electron chi connectivity index (χ2n) is 4.76. The molecule has 0 aliphatic carbocycles. The molecule has 2 rings (SSSR count). The third-order valence-electron chi connectivity index (χ3n) is 3.20. The fraction of sp³-hybridized carbons (Fsp3) is 0.615. The fourth-order valence-corrected chi connectivity index (χ4v) is 3.53. The van der Waals surface area contributed by atoms with E-state index in [-0.39, 0.29) is 5.78 Å². The van der Waals surface area contributed by atoms with Gasteiger partial charge in [0.25, 0.3) is 0 Å². The summed E-state index contributed by atoms with van der Waals surface area (Å²) >= 11 is 7.44. The summed E-state index contributed by atoms with van der Waals surface area (Å²) in [5.74, 6) is 0.0975. The number of thiophene rings is 1. The maximum Gasteiger partial charge on any atom is 0.165 e. The van der Waals surface area contributed by atoms with E-state index in [2.05, 4.69) is 4.90 Å². The maximum atomic E-state index is 13.0. The van der Waals surface area contributed by atoms with Crippen LogP contribution in [0.2, 0.25) is 4.34 Å². The van der Waals surface area contributed by atoms with Crippen molar-refractivity contribution in [2.24, 2.45) is 0 Å². The Morgan fingerprint density at radius 1 is 1.67 bits per heavy atom. The van der Waals surface area contributed by atoms with Gasteiger partial charge in [0.1, 0.15) is 10.5 Å². The van der Waals surface area contributed by atoms with Gasteiger partial charge in [0, 0.05) is 30.0 Å². The molecule has 5 heteroatoms. The van der Waals surface area contributed by atoms with Crippen LogP contribution in [0.15, 0.2) is 6.07 Å². The molecular weight excluding hydrogens is 273 g/mol. The minimum absolute atomic E-state index is 0.0975. The van der Waals surface area contributed by atoms with Crippen LogP contribution in [0.5, 0.6) is 0 Å². The highest BCUT2D eigenvalue weighted by Gasteiger charge is 2.21. The van der Waals surface area contributed by atoms with Crippen molar-refractivity contribution in [3.05, 3.63) is 20.8 Å². The molecule has 0 radical (unpaired) electrons. The normalized spacial score (nSPS) is 20.5. The van der Waals surface area contributed by atoms with Crippen LogP contribution in [0, 0.1) is 6.92 Å². The lowest BCUT2D eigenvalue weighted by molar-refractivity contribution is 0.0976. The Morgan fingerprint density at radius 2 is 2.44 bits per heavy atom. The van der Waals surface area contributed by atoms with Crippen LogP contribution in [0.25, 0.3) is 0 Å². The molecule has 18 heavy (non-hydrogen) atoms. The van der Waals surface area contributed by atoms with Gasteiger partial charge in [0.15, 0.2) is 5.78 Å². The predicted molar refractivity (Wildman–Crippen MR) is 73.6 cm³/mol. The number of hydrogen-bond acceptors (Lipinski definition) is 3. The summed E-state index contributed by atoms with van der Waals surface area (Å²) in [6.07, 6.45) is 1.21. The van der Waals surface area contributed by atoms with Gasteiger partial charge in [-0.05, 0) is 32.4 Å². The highest BCUT2D eigenvalue weighted by molar-refractivity contribution is 7.16. The van der Waals surface area contributed by atoms with Crippen molar-refractivity contribution in [3.8, 4) is 0 Å². The molecule has 0 bridgehead atoms. The van der Waals surface area contributed by atoms with Gasteiger partial charge < -0.3 is 4.90 Å². The second-order valence-corrected chi connectivity index (χ2v) is 6.62. The molecule has 0 aromatic carbocycles. The van der Waals surface area contributed by atoms with Crippen LogP contribution in [0.1, 0.15) is 34.5 Å². The number of hydrogen-bond donors (Lipinski definition) is 0. The van der Waals surface area contributed by atoms with Crippen molar-refractivity contribution in [3.63, 3.8) is 0 Å². The molecule has 0 spiro atoms. The van der Waals surface area contributed by atoms with Crippen molar-refractivity contribution >= 4 is 28.7 Å². The Labute approximate surface area is 116 Å². The first-order chi connectivity index (χ1) is 8.56. The van der Waals surface area contributed by atoms with Gasteiger partial charge in [-0.25, -0.2) is 4.39 Å². The average molecular weight is 290 g/mol. The van der Waals surface area contributed by atoms with Gasteiger partial charge in [-0.15, -0.1) is 11.3 Å². The molecule has 1 fully saturated rings. The van der Waals surface area contributed by atoms with Gasteiger partial charge in [0.05, 0.1) is 0 Å². The van der Waals surface area contributed by atoms with Gasteiger partial charge in [0.2, 0.25) is 0 Å². The first-order valence-corrected chi connectivity index (χ1v) is 7.41. The number of carbonyl (C=O) groups is 1. The standard InChI is InChI=1S/C13H17ClFNOS/c1-9-7-11(13(14)18-9)12(17)3-2-5-16-6-4-10(15)8-16/h7,10H,2-6,8H2,1H3. The molecule has 100 valence electrons. The largest absolute Gasteiger partial charge is 0.300 e. The topological polar surface area (TPSA) is 20.3 Å². The summed E-state index contributed by atoms with van der Waals surface area (Å²) < 4.78 is 13.5. The van der Waals surface area contributed by atoms with Gasteiger partial charge >= 0.3 is 0 Å². The number of nitrogens with zero attached hydrogens (tertiary/aromatic N) is 1. The summed E-state index contributed by atoms with van der Waals surface area (Å²) in [5, 5.41) is 0. The van der Waals surface area contributed by atoms with E-state index in [0.29, 0.717) is 29.3 Å². The van der Waals surface area contributed by atoms with Crippen LogP contribution < -0.4 is 0 Å². The molecular formula is C13H17ClFNOS. The van der Waals surface area contributed by atoms with Crippen molar-refractivity contribution in [2.75, 3.05) is 19.6 Å². The first kappa shape index (κ1) is 14.0. The molecule has 1 saturated heterocycles. The molecule has 0 N–H and O–H groups in total. The van der Waals surface area contributed by atoms with E-state index in [9.17, 15) is 9.18 Å². The highest BCUT2D eigenvalue weighted by Crippen LogP contribution is 2.28. The van der Waals surface area contributed by atoms with Crippen molar-refractivity contribution in [1.82, 2.24) is 4.90 Å². The van der Waals surface area contributed by atoms with E-state index >= 15 is 0 Å². The maximum absolute atomic E-state index is 13.0. The smallest absolute Gasteiger partial charge is 0.165 e. The monoisotopic (exact) mass is 289 g/mol. The van der Waals surface area contributed by atoms with Crippen molar-refractivity contribution in [1.29, 1.82) is 0 Å². The zero-order chi connectivity index (χ0) is 13.1. The number of ketones is 1. The Kier molecular flexibility index (Phi) is 4.76. The quantitative estimate of drug-likeness (QED) is 0.770. The molecule has 1 aliphatic heterocycles. The third-order valence-corrected chi connectivity index (χ3v) is 4.48. The van der Waals surface area contributed by atoms with Crippen LogP contribution in [0.3, 0.4) is 0 Å². The lowest BCUT2D eigenvalue weighted by Gasteiger charge is -2.13. The van der Waals surface area contributed by atoms with E-state index in [1.165, 1.54) is 11.3 Å². The fourth-order valence-electron chi connectivity index (χ4n) is 2.26. The van der Waals surface area contributed by atoms with E-state index in [4.69, 9.17) is 11.6 Å². The van der Waals surface area contributed by atoms with E-state index < -0.39 is 6.17 Å². The van der Waals surface area contributed by atoms with Crippen LogP contribution in [-0.4, -0.2) is 36.5 Å². The Morgan fingerprint density at radius 3 is 3.00 bits per heavy atom. The van der Waals surface area contributed by atoms with Crippen LogP contribution in [-0.2, 0) is 0 Å². The molecule has 2 nitrogen and oxygen atoms in total. The minimum Gasteiger partial charge on any atom is -0.300 e. The van der Waals surface area contributed by atoms with Gasteiger partial charge in [-0.3, -0.25) is 4.79 Å². The Balaban J connectivity index is 1.77. The number of alkyl halides is 1. The second kappa shape index (κ2) is 6.13. The Hall–Kier alpha value is -0.450. The minimum atomic E-state index is -0.685. The SMILES string of the molecule is Cc1cc(C(=O)CCCN2CCC(F)C2)c(Cl)s1. The molecule has 1 aliphatic rings. The lowest BCUT2D eigenvalue weighted by atomic mass is 10.1. The number of halogens is 2. The van der Waals surface area contributed by atoms with Crippen molar-refractivity contribution in [2.45, 2.75) is 32.4 Å². The van der Waals surface area contributed by atoms with Gasteiger partial charge in [-0.2, -0.15) is 0 Å². The molecule has 1 unspecified atom stereocenters. The van der Waals surface area contributed by atoms with Crippen LogP contribution in [0.4, 0.5) is 4.39 Å². The van der Waals surface area contributed by atoms with E-state index in [1.54, 1.807) is 0 Å². The first-order valence-electron chi connectivity index (χ1n) is 6.22. The van der Waals surface area contributed by atoms with Crippen LogP contribution >= 0.6 is 22.9 Å². The lowest BCUT2D eigenvalue weighted by Crippen LogP contribution is -2.22. The average Bonchev–Trinajstić information content (AvgIpc) is 2.85. The van der Waals surface area contributed by atoms with Crippen molar-refractivity contribution < 1.29 is 9.18 Å². The summed E-state index contributed by atoms with van der Waals surface area (Å²) in [7, 11) is 0. The molecule has 2 heterocycles.